The molecule has 0 aliphatic carbocycles. The van der Waals surface area contributed by atoms with E-state index < -0.39 is 0 Å². The summed E-state index contributed by atoms with van der Waals surface area (Å²) in [5.74, 6) is 0.760. The molecule has 0 saturated carbocycles. The van der Waals surface area contributed by atoms with E-state index in [0.717, 1.165) is 57.8 Å². The van der Waals surface area contributed by atoms with Crippen molar-refractivity contribution in [1.29, 1.82) is 0 Å². The number of hydrogen-bond donors (Lipinski definition) is 0. The van der Waals surface area contributed by atoms with Crippen molar-refractivity contribution in [1.82, 2.24) is 19.6 Å². The van der Waals surface area contributed by atoms with Crippen molar-refractivity contribution >= 4 is 17.5 Å². The average molecular weight is 367 g/mol. The Labute approximate surface area is 154 Å². The van der Waals surface area contributed by atoms with Crippen LogP contribution in [0.25, 0.3) is 0 Å². The maximum atomic E-state index is 12.9. The Hall–Kier alpha value is -1.11. The molecule has 4 saturated heterocycles. The number of carbonyl (C=O) groups excluding carboxylic acids is 1. The van der Waals surface area contributed by atoms with Crippen molar-refractivity contribution in [2.24, 2.45) is 5.92 Å². The predicted molar refractivity (Wildman–Crippen MR) is 95.6 cm³/mol. The zero-order valence-corrected chi connectivity index (χ0v) is 15.6. The van der Waals surface area contributed by atoms with E-state index in [4.69, 9.17) is 16.3 Å². The summed E-state index contributed by atoms with van der Waals surface area (Å²) in [4.78, 5) is 17.6. The largest absolute Gasteiger partial charge is 0.381 e. The van der Waals surface area contributed by atoms with Gasteiger partial charge in [-0.15, -0.1) is 0 Å². The van der Waals surface area contributed by atoms with E-state index in [1.165, 1.54) is 6.42 Å². The normalized spacial score (nSPS) is 28.3. The quantitative estimate of drug-likeness (QED) is 0.820. The molecule has 138 valence electrons. The van der Waals surface area contributed by atoms with Gasteiger partial charge in [0.05, 0.1) is 10.7 Å². The zero-order valence-electron chi connectivity index (χ0n) is 14.9. The molecule has 5 rings (SSSR count). The molecule has 0 spiro atoms. The molecular weight excluding hydrogens is 340 g/mol. The maximum Gasteiger partial charge on any atom is 0.244 e. The summed E-state index contributed by atoms with van der Waals surface area (Å²) in [6.07, 6.45) is 6.35. The first kappa shape index (κ1) is 17.3. The molecule has 1 amide bonds. The molecule has 7 heteroatoms. The highest BCUT2D eigenvalue weighted by Gasteiger charge is 2.39. The average Bonchev–Trinajstić information content (AvgIpc) is 2.81. The van der Waals surface area contributed by atoms with Gasteiger partial charge in [-0.25, -0.2) is 0 Å². The van der Waals surface area contributed by atoms with Crippen LogP contribution in [-0.4, -0.2) is 70.4 Å². The minimum Gasteiger partial charge on any atom is -0.381 e. The van der Waals surface area contributed by atoms with Crippen molar-refractivity contribution in [2.75, 3.05) is 32.8 Å². The van der Waals surface area contributed by atoms with Crippen LogP contribution in [-0.2, 0) is 16.1 Å². The zero-order chi connectivity index (χ0) is 17.4. The van der Waals surface area contributed by atoms with Crippen LogP contribution in [0.1, 0.15) is 31.4 Å². The van der Waals surface area contributed by atoms with Crippen molar-refractivity contribution in [3.8, 4) is 0 Å². The number of nitrogens with zero attached hydrogens (tertiary/aromatic N) is 4. The van der Waals surface area contributed by atoms with Gasteiger partial charge >= 0.3 is 0 Å². The Balaban J connectivity index is 1.43. The smallest absolute Gasteiger partial charge is 0.244 e. The van der Waals surface area contributed by atoms with Crippen LogP contribution in [0.3, 0.4) is 0 Å². The van der Waals surface area contributed by atoms with Gasteiger partial charge in [0.15, 0.2) is 0 Å². The topological polar surface area (TPSA) is 50.6 Å². The maximum absolute atomic E-state index is 12.9. The van der Waals surface area contributed by atoms with Gasteiger partial charge in [-0.2, -0.15) is 5.10 Å². The molecule has 0 aromatic carbocycles. The van der Waals surface area contributed by atoms with Crippen LogP contribution >= 0.6 is 11.6 Å². The van der Waals surface area contributed by atoms with E-state index in [-0.39, 0.29) is 12.5 Å². The number of ether oxygens (including phenoxy) is 1. The Morgan fingerprint density at radius 2 is 2.00 bits per heavy atom. The molecule has 1 aromatic heterocycles. The lowest BCUT2D eigenvalue weighted by atomic mass is 9.95. The molecule has 0 radical (unpaired) electrons. The standard InChI is InChI=1S/C18H27ClN4O2/c1-13-17(19)11-22(20-13)12-18(24)23-9-14-2-3-16(23)10-21(8-14)15-4-6-25-7-5-15/h11,14-16H,2-10,12H2,1H3. The fraction of sp³-hybridized carbons (Fsp3) is 0.778. The lowest BCUT2D eigenvalue weighted by molar-refractivity contribution is -0.136. The highest BCUT2D eigenvalue weighted by atomic mass is 35.5. The molecule has 0 N–H and O–H groups in total. The monoisotopic (exact) mass is 366 g/mol. The van der Waals surface area contributed by atoms with Gasteiger partial charge in [0.1, 0.15) is 6.54 Å². The van der Waals surface area contributed by atoms with Crippen LogP contribution in [0.5, 0.6) is 0 Å². The Kier molecular flexibility index (Phi) is 5.02. The van der Waals surface area contributed by atoms with Gasteiger partial charge < -0.3 is 9.64 Å². The number of piperidine rings is 1. The highest BCUT2D eigenvalue weighted by molar-refractivity contribution is 6.31. The van der Waals surface area contributed by atoms with Crippen LogP contribution < -0.4 is 0 Å². The molecule has 2 unspecified atom stereocenters. The molecule has 5 heterocycles. The van der Waals surface area contributed by atoms with E-state index in [0.29, 0.717) is 23.0 Å². The van der Waals surface area contributed by atoms with E-state index in [1.807, 2.05) is 6.92 Å². The highest BCUT2D eigenvalue weighted by Crippen LogP contribution is 2.31. The summed E-state index contributed by atoms with van der Waals surface area (Å²) < 4.78 is 7.19. The van der Waals surface area contributed by atoms with E-state index >= 15 is 0 Å². The van der Waals surface area contributed by atoms with Crippen LogP contribution in [0.2, 0.25) is 5.02 Å². The number of amides is 1. The van der Waals surface area contributed by atoms with Crippen molar-refractivity contribution in [2.45, 2.75) is 51.2 Å². The molecular formula is C18H27ClN4O2. The Morgan fingerprint density at radius 3 is 2.72 bits per heavy atom. The fourth-order valence-corrected chi connectivity index (χ4v) is 4.73. The molecule has 2 bridgehead atoms. The lowest BCUT2D eigenvalue weighted by Crippen LogP contribution is -2.49. The number of hydrogen-bond acceptors (Lipinski definition) is 4. The summed E-state index contributed by atoms with van der Waals surface area (Å²) in [5, 5.41) is 4.95. The van der Waals surface area contributed by atoms with Crippen molar-refractivity contribution in [3.63, 3.8) is 0 Å². The SMILES string of the molecule is Cc1nn(CC(=O)N2CC3CCC2CN(C2CCOCC2)C3)cc1Cl. The summed E-state index contributed by atoms with van der Waals surface area (Å²) in [5.41, 5.74) is 0.776. The summed E-state index contributed by atoms with van der Waals surface area (Å²) in [6.45, 7) is 6.91. The first-order chi connectivity index (χ1) is 12.1. The van der Waals surface area contributed by atoms with Crippen LogP contribution in [0, 0.1) is 12.8 Å². The van der Waals surface area contributed by atoms with E-state index in [1.54, 1.807) is 10.9 Å². The van der Waals surface area contributed by atoms with Crippen LogP contribution in [0.4, 0.5) is 0 Å². The second-order valence-electron chi connectivity index (χ2n) is 7.70. The van der Waals surface area contributed by atoms with Gasteiger partial charge in [0.2, 0.25) is 5.91 Å². The first-order valence-corrected chi connectivity index (χ1v) is 9.79. The van der Waals surface area contributed by atoms with Gasteiger partial charge in [0.25, 0.3) is 0 Å². The van der Waals surface area contributed by atoms with Gasteiger partial charge in [-0.3, -0.25) is 14.4 Å². The molecule has 4 fully saturated rings. The second-order valence-corrected chi connectivity index (χ2v) is 8.11. The third-order valence-corrected chi connectivity index (χ3v) is 6.32. The van der Waals surface area contributed by atoms with Gasteiger partial charge in [0, 0.05) is 51.1 Å². The third-order valence-electron chi connectivity index (χ3n) is 5.95. The van der Waals surface area contributed by atoms with Crippen LogP contribution in [0.15, 0.2) is 6.20 Å². The Morgan fingerprint density at radius 1 is 1.20 bits per heavy atom. The van der Waals surface area contributed by atoms with Gasteiger partial charge in [-0.05, 0) is 38.5 Å². The van der Waals surface area contributed by atoms with E-state index in [9.17, 15) is 4.79 Å². The lowest BCUT2D eigenvalue weighted by Gasteiger charge is -2.37. The molecule has 4 aliphatic rings. The fourth-order valence-electron chi connectivity index (χ4n) is 4.58. The number of aryl methyl sites for hydroxylation is 1. The molecule has 1 aromatic rings. The van der Waals surface area contributed by atoms with E-state index in [2.05, 4.69) is 14.9 Å². The third kappa shape index (κ3) is 3.71. The summed E-state index contributed by atoms with van der Waals surface area (Å²) >= 11 is 6.07. The molecule has 4 aliphatic heterocycles. The number of rotatable bonds is 3. The predicted octanol–water partition coefficient (Wildman–Crippen LogP) is 1.95. The molecule has 6 nitrogen and oxygen atoms in total. The molecule has 25 heavy (non-hydrogen) atoms. The minimum absolute atomic E-state index is 0.169. The Bertz CT molecular complexity index is 609. The number of aromatic nitrogens is 2. The summed E-state index contributed by atoms with van der Waals surface area (Å²) in [7, 11) is 0. The minimum atomic E-state index is 0.169. The number of fused-ring (bicyclic) bond motifs is 4. The number of halogens is 1. The summed E-state index contributed by atoms with van der Waals surface area (Å²) in [6, 6.07) is 0.959. The number of carbonyl (C=O) groups is 1. The van der Waals surface area contributed by atoms with Gasteiger partial charge in [-0.1, -0.05) is 11.6 Å². The second kappa shape index (κ2) is 7.25. The van der Waals surface area contributed by atoms with Crippen molar-refractivity contribution in [3.05, 3.63) is 16.9 Å². The first-order valence-electron chi connectivity index (χ1n) is 9.41. The van der Waals surface area contributed by atoms with Crippen molar-refractivity contribution < 1.29 is 9.53 Å². The molecule has 2 atom stereocenters.